The number of allylic oxidation sites excluding steroid dienone is 4. The lowest BCUT2D eigenvalue weighted by molar-refractivity contribution is 0.413. The van der Waals surface area contributed by atoms with Gasteiger partial charge >= 0.3 is 0 Å². The highest BCUT2D eigenvalue weighted by atomic mass is 32.2. The molecular weight excluding hydrogens is 438 g/mol. The number of hydrogen-bond acceptors (Lipinski definition) is 6. The Hall–Kier alpha value is -3.64. The van der Waals surface area contributed by atoms with Crippen molar-refractivity contribution >= 4 is 21.4 Å². The summed E-state index contributed by atoms with van der Waals surface area (Å²) < 4.78 is 35.6. The van der Waals surface area contributed by atoms with E-state index in [0.29, 0.717) is 45.8 Å². The summed E-state index contributed by atoms with van der Waals surface area (Å²) in [4.78, 5) is 4.46. The van der Waals surface area contributed by atoms with E-state index in [2.05, 4.69) is 41.6 Å². The first-order chi connectivity index (χ1) is 15.6. The van der Waals surface area contributed by atoms with Crippen molar-refractivity contribution in [3.63, 3.8) is 0 Å². The standard InChI is InChI=1S/C24H25N5O3S/c1-24(2,3)18-6-8-20(9-7-18)33(30,31)28-23-10-5-16(13-25)22-12-21(27-29(22)23)17-11-19(32-4)15-26-14-17/h5-6,8,10-12,14-15,28H,7,9H2,1-4H3. The Bertz CT molecular complexity index is 1440. The van der Waals surface area contributed by atoms with E-state index < -0.39 is 10.0 Å². The number of pyridine rings is 2. The molecule has 0 aromatic carbocycles. The van der Waals surface area contributed by atoms with Gasteiger partial charge in [0.05, 0.1) is 35.0 Å². The summed E-state index contributed by atoms with van der Waals surface area (Å²) in [6, 6.07) is 8.76. The van der Waals surface area contributed by atoms with E-state index in [0.717, 1.165) is 0 Å². The van der Waals surface area contributed by atoms with Crippen LogP contribution < -0.4 is 9.46 Å². The quantitative estimate of drug-likeness (QED) is 0.589. The summed E-state index contributed by atoms with van der Waals surface area (Å²) in [5.41, 5.74) is 3.31. The fourth-order valence-corrected chi connectivity index (χ4v) is 4.91. The van der Waals surface area contributed by atoms with E-state index in [1.807, 2.05) is 6.08 Å². The molecule has 1 aliphatic carbocycles. The first-order valence-electron chi connectivity index (χ1n) is 10.5. The zero-order chi connectivity index (χ0) is 23.8. The average molecular weight is 464 g/mol. The predicted octanol–water partition coefficient (Wildman–Crippen LogP) is 4.67. The summed E-state index contributed by atoms with van der Waals surface area (Å²) in [6.07, 6.45) is 7.90. The number of nitriles is 1. The molecule has 3 aromatic rings. The van der Waals surface area contributed by atoms with E-state index in [4.69, 9.17) is 4.74 Å². The van der Waals surface area contributed by atoms with Crippen LogP contribution >= 0.6 is 0 Å². The van der Waals surface area contributed by atoms with Crippen molar-refractivity contribution in [2.45, 2.75) is 33.6 Å². The lowest BCUT2D eigenvalue weighted by Crippen LogP contribution is -2.20. The zero-order valence-corrected chi connectivity index (χ0v) is 19.8. The van der Waals surface area contributed by atoms with Gasteiger partial charge in [-0.25, -0.2) is 12.9 Å². The number of aromatic nitrogens is 3. The minimum Gasteiger partial charge on any atom is -0.495 e. The largest absolute Gasteiger partial charge is 0.495 e. The molecule has 0 saturated heterocycles. The zero-order valence-electron chi connectivity index (χ0n) is 19.0. The van der Waals surface area contributed by atoms with Crippen LogP contribution in [0.2, 0.25) is 0 Å². The van der Waals surface area contributed by atoms with E-state index >= 15 is 0 Å². The Morgan fingerprint density at radius 1 is 1.15 bits per heavy atom. The van der Waals surface area contributed by atoms with Crippen LogP contribution in [0.4, 0.5) is 5.82 Å². The third-order valence-electron chi connectivity index (χ3n) is 5.65. The van der Waals surface area contributed by atoms with E-state index in [1.165, 1.54) is 10.1 Å². The van der Waals surface area contributed by atoms with Gasteiger partial charge in [0.25, 0.3) is 10.0 Å². The first-order valence-corrected chi connectivity index (χ1v) is 12.0. The highest BCUT2D eigenvalue weighted by Gasteiger charge is 2.25. The van der Waals surface area contributed by atoms with Crippen LogP contribution in [0.5, 0.6) is 5.75 Å². The molecule has 1 N–H and O–H groups in total. The fraction of sp³-hybridized carbons (Fsp3) is 0.292. The van der Waals surface area contributed by atoms with Crippen molar-refractivity contribution in [2.24, 2.45) is 5.41 Å². The smallest absolute Gasteiger partial charge is 0.259 e. The number of nitrogens with zero attached hydrogens (tertiary/aromatic N) is 4. The Balaban J connectivity index is 1.74. The van der Waals surface area contributed by atoms with Gasteiger partial charge in [-0.05, 0) is 48.6 Å². The van der Waals surface area contributed by atoms with Crippen molar-refractivity contribution in [1.29, 1.82) is 5.26 Å². The third kappa shape index (κ3) is 4.47. The molecule has 0 saturated carbocycles. The lowest BCUT2D eigenvalue weighted by Gasteiger charge is -2.26. The maximum absolute atomic E-state index is 13.1. The van der Waals surface area contributed by atoms with Gasteiger partial charge in [-0.1, -0.05) is 32.4 Å². The highest BCUT2D eigenvalue weighted by molar-refractivity contribution is 7.96. The van der Waals surface area contributed by atoms with Gasteiger partial charge in [-0.3, -0.25) is 9.71 Å². The number of ether oxygens (including phenoxy) is 1. The number of rotatable bonds is 5. The number of methoxy groups -OCH3 is 1. The average Bonchev–Trinajstić information content (AvgIpc) is 3.25. The predicted molar refractivity (Wildman–Crippen MR) is 127 cm³/mol. The molecule has 0 fully saturated rings. The fourth-order valence-electron chi connectivity index (χ4n) is 3.73. The number of anilines is 1. The van der Waals surface area contributed by atoms with Crippen molar-refractivity contribution in [1.82, 2.24) is 14.6 Å². The molecule has 0 unspecified atom stereocenters. The molecule has 1 aliphatic rings. The molecule has 0 spiro atoms. The minimum atomic E-state index is -3.79. The molecule has 0 atom stereocenters. The maximum Gasteiger partial charge on any atom is 0.259 e. The topological polar surface area (TPSA) is 109 Å². The van der Waals surface area contributed by atoms with Crippen LogP contribution in [-0.2, 0) is 10.0 Å². The van der Waals surface area contributed by atoms with E-state index in [9.17, 15) is 13.7 Å². The first kappa shape index (κ1) is 22.6. The van der Waals surface area contributed by atoms with Crippen molar-refractivity contribution < 1.29 is 13.2 Å². The molecule has 0 amide bonds. The van der Waals surface area contributed by atoms with Gasteiger partial charge in [0, 0.05) is 11.8 Å². The van der Waals surface area contributed by atoms with Gasteiger partial charge in [-0.15, -0.1) is 0 Å². The second-order valence-corrected chi connectivity index (χ2v) is 10.6. The molecule has 0 aliphatic heterocycles. The lowest BCUT2D eigenvalue weighted by atomic mass is 9.82. The monoisotopic (exact) mass is 463 g/mol. The number of hydrogen-bond donors (Lipinski definition) is 1. The molecule has 0 bridgehead atoms. The van der Waals surface area contributed by atoms with Crippen LogP contribution in [0.25, 0.3) is 16.8 Å². The number of nitrogens with one attached hydrogen (secondary N) is 1. The van der Waals surface area contributed by atoms with Crippen molar-refractivity contribution in [3.05, 3.63) is 64.9 Å². The maximum atomic E-state index is 13.1. The molecular formula is C24H25N5O3S. The van der Waals surface area contributed by atoms with Gasteiger partial charge in [0.2, 0.25) is 0 Å². The second kappa shape index (κ2) is 8.37. The van der Waals surface area contributed by atoms with Crippen LogP contribution in [0, 0.1) is 16.7 Å². The van der Waals surface area contributed by atoms with Crippen molar-refractivity contribution in [2.75, 3.05) is 11.8 Å². The Morgan fingerprint density at radius 3 is 2.58 bits per heavy atom. The molecule has 9 heteroatoms. The Morgan fingerprint density at radius 2 is 1.94 bits per heavy atom. The molecule has 4 rings (SSSR count). The highest BCUT2D eigenvalue weighted by Crippen LogP contribution is 2.35. The molecule has 3 aromatic heterocycles. The van der Waals surface area contributed by atoms with E-state index in [-0.39, 0.29) is 11.2 Å². The second-order valence-electron chi connectivity index (χ2n) is 8.86. The SMILES string of the molecule is COc1cncc(-c2cc3c(C#N)ccc(NS(=O)(=O)C4=CC=C(C(C)(C)C)CC4)n3n2)c1. The minimum absolute atomic E-state index is 0.00104. The van der Waals surface area contributed by atoms with Gasteiger partial charge in [-0.2, -0.15) is 10.4 Å². The number of fused-ring (bicyclic) bond motifs is 1. The molecule has 0 radical (unpaired) electrons. The molecule has 3 heterocycles. The number of sulfonamides is 1. The van der Waals surface area contributed by atoms with Gasteiger partial charge in [0.1, 0.15) is 17.6 Å². The summed E-state index contributed by atoms with van der Waals surface area (Å²) in [6.45, 7) is 6.35. The molecule has 33 heavy (non-hydrogen) atoms. The molecule has 170 valence electrons. The van der Waals surface area contributed by atoms with Crippen LogP contribution in [-0.4, -0.2) is 30.1 Å². The summed E-state index contributed by atoms with van der Waals surface area (Å²) >= 11 is 0. The van der Waals surface area contributed by atoms with Crippen LogP contribution in [0.1, 0.15) is 39.2 Å². The third-order valence-corrected chi connectivity index (χ3v) is 7.15. The Labute approximate surface area is 193 Å². The van der Waals surface area contributed by atoms with E-state index in [1.54, 1.807) is 49.8 Å². The Kier molecular flexibility index (Phi) is 5.72. The van der Waals surface area contributed by atoms with Crippen LogP contribution in [0.3, 0.4) is 0 Å². The summed E-state index contributed by atoms with van der Waals surface area (Å²) in [5.74, 6) is 0.815. The molecule has 8 nitrogen and oxygen atoms in total. The van der Waals surface area contributed by atoms with Gasteiger partial charge in [0.15, 0.2) is 0 Å². The summed E-state index contributed by atoms with van der Waals surface area (Å²) in [7, 11) is -2.25. The van der Waals surface area contributed by atoms with Crippen molar-refractivity contribution in [3.8, 4) is 23.1 Å². The van der Waals surface area contributed by atoms with Gasteiger partial charge < -0.3 is 4.74 Å². The van der Waals surface area contributed by atoms with Crippen LogP contribution in [0.15, 0.2) is 59.3 Å². The normalized spacial score (nSPS) is 14.4. The summed E-state index contributed by atoms with van der Waals surface area (Å²) in [5, 5.41) is 14.1.